The number of fused-ring (bicyclic) bond motifs is 1. The number of aromatic hydroxyl groups is 1. The normalized spacial score (nSPS) is 17.1. The van der Waals surface area contributed by atoms with Crippen LogP contribution < -0.4 is 5.32 Å². The van der Waals surface area contributed by atoms with Crippen LogP contribution in [0, 0.1) is 0 Å². The highest BCUT2D eigenvalue weighted by Gasteiger charge is 2.33. The third-order valence-corrected chi connectivity index (χ3v) is 3.82. The second kappa shape index (κ2) is 5.60. The van der Waals surface area contributed by atoms with E-state index < -0.39 is 17.8 Å². The standard InChI is InChI=1S/C15H14F3N3O2/c16-15(17,18)13-6-7-21(20-13)8-14(23)19-11-5-4-10-9(11)2-1-3-12(10)22/h1-3,6-7,11,22H,4-5,8H2,(H,19,23). The van der Waals surface area contributed by atoms with E-state index in [9.17, 15) is 23.1 Å². The number of carbonyl (C=O) groups is 1. The zero-order valence-corrected chi connectivity index (χ0v) is 12.0. The zero-order chi connectivity index (χ0) is 16.6. The van der Waals surface area contributed by atoms with E-state index in [2.05, 4.69) is 10.4 Å². The van der Waals surface area contributed by atoms with Crippen molar-refractivity contribution in [3.8, 4) is 5.75 Å². The van der Waals surface area contributed by atoms with E-state index in [4.69, 9.17) is 0 Å². The van der Waals surface area contributed by atoms with Crippen LogP contribution in [-0.2, 0) is 23.9 Å². The van der Waals surface area contributed by atoms with Crippen LogP contribution in [0.25, 0.3) is 0 Å². The number of rotatable bonds is 3. The molecular formula is C15H14F3N3O2. The fourth-order valence-corrected chi connectivity index (χ4v) is 2.77. The van der Waals surface area contributed by atoms with Gasteiger partial charge in [-0.05, 0) is 36.1 Å². The fraction of sp³-hybridized carbons (Fsp3) is 0.333. The van der Waals surface area contributed by atoms with Crippen LogP contribution in [-0.4, -0.2) is 20.8 Å². The molecule has 0 radical (unpaired) electrons. The van der Waals surface area contributed by atoms with Gasteiger partial charge in [-0.1, -0.05) is 12.1 Å². The monoisotopic (exact) mass is 325 g/mol. The minimum atomic E-state index is -4.52. The minimum Gasteiger partial charge on any atom is -0.508 e. The molecule has 0 saturated carbocycles. The summed E-state index contributed by atoms with van der Waals surface area (Å²) in [5.41, 5.74) is 0.618. The molecule has 2 aromatic rings. The van der Waals surface area contributed by atoms with Crippen LogP contribution in [0.2, 0.25) is 0 Å². The van der Waals surface area contributed by atoms with Crippen molar-refractivity contribution in [1.82, 2.24) is 15.1 Å². The second-order valence-corrected chi connectivity index (χ2v) is 5.40. The van der Waals surface area contributed by atoms with E-state index in [0.717, 1.165) is 28.1 Å². The fourth-order valence-electron chi connectivity index (χ4n) is 2.77. The topological polar surface area (TPSA) is 67.2 Å². The number of nitrogens with zero attached hydrogens (tertiary/aromatic N) is 2. The van der Waals surface area contributed by atoms with Crippen molar-refractivity contribution in [3.63, 3.8) is 0 Å². The van der Waals surface area contributed by atoms with Gasteiger partial charge in [0.15, 0.2) is 5.69 Å². The van der Waals surface area contributed by atoms with Gasteiger partial charge in [-0.25, -0.2) is 0 Å². The maximum Gasteiger partial charge on any atom is 0.435 e. The summed E-state index contributed by atoms with van der Waals surface area (Å²) >= 11 is 0. The highest BCUT2D eigenvalue weighted by molar-refractivity contribution is 5.76. The Morgan fingerprint density at radius 3 is 2.87 bits per heavy atom. The molecule has 23 heavy (non-hydrogen) atoms. The molecule has 122 valence electrons. The third-order valence-electron chi connectivity index (χ3n) is 3.82. The number of phenolic OH excluding ortho intramolecular Hbond substituents is 1. The lowest BCUT2D eigenvalue weighted by atomic mass is 10.1. The Morgan fingerprint density at radius 1 is 1.39 bits per heavy atom. The molecule has 2 N–H and O–H groups in total. The van der Waals surface area contributed by atoms with E-state index in [0.29, 0.717) is 12.8 Å². The smallest absolute Gasteiger partial charge is 0.435 e. The molecule has 0 fully saturated rings. The molecule has 0 bridgehead atoms. The maximum atomic E-state index is 12.5. The number of aromatic nitrogens is 2. The molecule has 3 rings (SSSR count). The first-order valence-corrected chi connectivity index (χ1v) is 7.05. The summed E-state index contributed by atoms with van der Waals surface area (Å²) in [4.78, 5) is 12.0. The molecule has 5 nitrogen and oxygen atoms in total. The Labute approximate surface area is 129 Å². The molecule has 1 aliphatic rings. The van der Waals surface area contributed by atoms with Crippen molar-refractivity contribution in [2.45, 2.75) is 31.6 Å². The SMILES string of the molecule is O=C(Cn1ccc(C(F)(F)F)n1)NC1CCc2c(O)cccc21. The maximum absolute atomic E-state index is 12.5. The molecule has 1 unspecified atom stereocenters. The van der Waals surface area contributed by atoms with Gasteiger partial charge in [0.05, 0.1) is 6.04 Å². The summed E-state index contributed by atoms with van der Waals surface area (Å²) < 4.78 is 38.4. The average molecular weight is 325 g/mol. The molecule has 1 amide bonds. The number of amides is 1. The zero-order valence-electron chi connectivity index (χ0n) is 12.0. The Hall–Kier alpha value is -2.51. The summed E-state index contributed by atoms with van der Waals surface area (Å²) in [5.74, 6) is -0.232. The molecule has 1 aliphatic carbocycles. The molecule has 0 aliphatic heterocycles. The van der Waals surface area contributed by atoms with E-state index in [1.165, 1.54) is 0 Å². The second-order valence-electron chi connectivity index (χ2n) is 5.40. The predicted octanol–water partition coefficient (Wildman–Crippen LogP) is 2.41. The summed E-state index contributed by atoms with van der Waals surface area (Å²) in [6.07, 6.45) is -2.11. The average Bonchev–Trinajstić information content (AvgIpc) is 3.07. The number of carbonyl (C=O) groups excluding carboxylic acids is 1. The van der Waals surface area contributed by atoms with E-state index in [-0.39, 0.29) is 18.3 Å². The lowest BCUT2D eigenvalue weighted by Gasteiger charge is -2.14. The summed E-state index contributed by atoms with van der Waals surface area (Å²) in [7, 11) is 0. The Balaban J connectivity index is 1.65. The molecule has 0 spiro atoms. The molecule has 8 heteroatoms. The van der Waals surface area contributed by atoms with E-state index in [1.54, 1.807) is 12.1 Å². The van der Waals surface area contributed by atoms with Crippen LogP contribution >= 0.6 is 0 Å². The molecule has 1 aromatic carbocycles. The van der Waals surface area contributed by atoms with Crippen molar-refractivity contribution in [1.29, 1.82) is 0 Å². The summed E-state index contributed by atoms with van der Waals surface area (Å²) in [5, 5.41) is 15.9. The Bertz CT molecular complexity index is 740. The highest BCUT2D eigenvalue weighted by atomic mass is 19.4. The van der Waals surface area contributed by atoms with Gasteiger partial charge in [0.25, 0.3) is 0 Å². The number of nitrogens with one attached hydrogen (secondary N) is 1. The van der Waals surface area contributed by atoms with Crippen LogP contribution in [0.3, 0.4) is 0 Å². The van der Waals surface area contributed by atoms with E-state index >= 15 is 0 Å². The first kappa shape index (κ1) is 15.4. The molecule has 1 atom stereocenters. The molecule has 0 saturated heterocycles. The number of hydrogen-bond donors (Lipinski definition) is 2. The van der Waals surface area contributed by atoms with Gasteiger partial charge < -0.3 is 10.4 Å². The summed E-state index contributed by atoms with van der Waals surface area (Å²) in [6, 6.07) is 5.69. The van der Waals surface area contributed by atoms with Crippen LogP contribution in [0.15, 0.2) is 30.5 Å². The third kappa shape index (κ3) is 3.15. The number of benzene rings is 1. The highest BCUT2D eigenvalue weighted by Crippen LogP contribution is 2.36. The van der Waals surface area contributed by atoms with Crippen LogP contribution in [0.5, 0.6) is 5.75 Å². The van der Waals surface area contributed by atoms with Crippen molar-refractivity contribution in [3.05, 3.63) is 47.3 Å². The summed E-state index contributed by atoms with van der Waals surface area (Å²) in [6.45, 7) is -0.291. The van der Waals surface area contributed by atoms with Gasteiger partial charge in [0, 0.05) is 6.20 Å². The van der Waals surface area contributed by atoms with Gasteiger partial charge in [-0.2, -0.15) is 18.3 Å². The molecule has 1 aromatic heterocycles. The van der Waals surface area contributed by atoms with Gasteiger partial charge >= 0.3 is 6.18 Å². The molecule has 1 heterocycles. The number of halogens is 3. The number of hydrogen-bond acceptors (Lipinski definition) is 3. The lowest BCUT2D eigenvalue weighted by molar-refractivity contribution is -0.141. The van der Waals surface area contributed by atoms with Gasteiger partial charge in [0.2, 0.25) is 5.91 Å². The van der Waals surface area contributed by atoms with Gasteiger partial charge in [-0.15, -0.1) is 0 Å². The Kier molecular flexibility index (Phi) is 3.75. The van der Waals surface area contributed by atoms with Gasteiger partial charge in [0.1, 0.15) is 12.3 Å². The van der Waals surface area contributed by atoms with Crippen molar-refractivity contribution in [2.24, 2.45) is 0 Å². The van der Waals surface area contributed by atoms with Gasteiger partial charge in [-0.3, -0.25) is 9.48 Å². The van der Waals surface area contributed by atoms with Crippen LogP contribution in [0.4, 0.5) is 13.2 Å². The quantitative estimate of drug-likeness (QED) is 0.911. The number of alkyl halides is 3. The van der Waals surface area contributed by atoms with Crippen molar-refractivity contribution < 1.29 is 23.1 Å². The first-order chi connectivity index (χ1) is 10.8. The van der Waals surface area contributed by atoms with Crippen molar-refractivity contribution >= 4 is 5.91 Å². The van der Waals surface area contributed by atoms with E-state index in [1.807, 2.05) is 6.07 Å². The largest absolute Gasteiger partial charge is 0.508 e. The minimum absolute atomic E-state index is 0.196. The number of phenols is 1. The predicted molar refractivity (Wildman–Crippen MR) is 74.5 cm³/mol. The lowest BCUT2D eigenvalue weighted by Crippen LogP contribution is -2.30. The molecular weight excluding hydrogens is 311 g/mol. The first-order valence-electron chi connectivity index (χ1n) is 7.05. The van der Waals surface area contributed by atoms with Crippen LogP contribution in [0.1, 0.15) is 29.3 Å². The Morgan fingerprint density at radius 2 is 2.17 bits per heavy atom. The van der Waals surface area contributed by atoms with Crippen molar-refractivity contribution in [2.75, 3.05) is 0 Å².